The zero-order valence-electron chi connectivity index (χ0n) is 9.39. The van der Waals surface area contributed by atoms with Crippen LogP contribution in [0.2, 0.25) is 0 Å². The zero-order chi connectivity index (χ0) is 14.2. The first-order valence-electron chi connectivity index (χ1n) is 5.26. The van der Waals surface area contributed by atoms with Crippen LogP contribution in [-0.2, 0) is 4.74 Å². The summed E-state index contributed by atoms with van der Waals surface area (Å²) in [5.41, 5.74) is -1.54. The fourth-order valence-electron chi connectivity index (χ4n) is 1.82. The standard InChI is InChI=1S/C9H11IN2O7/c10-19-3-1-12(9(17)11-7(3)16)8-6(15)5(14)4(2-13)18-8/h1,4-6,8,13-15H,2H2,(H,11,16,17)/t4-,5-,6-,8-/m1/s1. The van der Waals surface area contributed by atoms with E-state index >= 15 is 0 Å². The molecule has 2 heterocycles. The lowest BCUT2D eigenvalue weighted by atomic mass is 10.1. The minimum Gasteiger partial charge on any atom is -0.420 e. The van der Waals surface area contributed by atoms with Crippen LogP contribution in [0.15, 0.2) is 15.8 Å². The number of aromatic nitrogens is 2. The van der Waals surface area contributed by atoms with Crippen molar-refractivity contribution in [2.24, 2.45) is 0 Å². The summed E-state index contributed by atoms with van der Waals surface area (Å²) in [6, 6.07) is 0. The maximum atomic E-state index is 11.7. The molecule has 0 aromatic carbocycles. The number of aliphatic hydroxyl groups is 3. The number of ether oxygens (including phenoxy) is 1. The fraction of sp³-hybridized carbons (Fsp3) is 0.556. The van der Waals surface area contributed by atoms with Gasteiger partial charge in [0.25, 0.3) is 5.56 Å². The molecule has 1 saturated heterocycles. The molecule has 1 aromatic rings. The van der Waals surface area contributed by atoms with Crippen LogP contribution in [-0.4, -0.2) is 49.8 Å². The van der Waals surface area contributed by atoms with Crippen molar-refractivity contribution in [1.29, 1.82) is 0 Å². The Labute approximate surface area is 120 Å². The highest BCUT2D eigenvalue weighted by molar-refractivity contribution is 14.1. The van der Waals surface area contributed by atoms with Crippen LogP contribution in [0.4, 0.5) is 0 Å². The van der Waals surface area contributed by atoms with E-state index < -0.39 is 42.4 Å². The van der Waals surface area contributed by atoms with Crippen molar-refractivity contribution >= 4 is 23.0 Å². The monoisotopic (exact) mass is 386 g/mol. The molecule has 0 unspecified atom stereocenters. The summed E-state index contributed by atoms with van der Waals surface area (Å²) in [6.07, 6.45) is -3.92. The molecule has 2 rings (SSSR count). The number of nitrogens with zero attached hydrogens (tertiary/aromatic N) is 1. The lowest BCUT2D eigenvalue weighted by molar-refractivity contribution is -0.0551. The molecule has 19 heavy (non-hydrogen) atoms. The Bertz CT molecular complexity index is 570. The van der Waals surface area contributed by atoms with E-state index in [4.69, 9.17) is 12.9 Å². The van der Waals surface area contributed by atoms with Gasteiger partial charge in [-0.1, -0.05) is 0 Å². The molecule has 0 spiro atoms. The van der Waals surface area contributed by atoms with E-state index in [0.717, 1.165) is 10.8 Å². The minimum absolute atomic E-state index is 0.155. The Kier molecular flexibility index (Phi) is 4.25. The molecule has 4 N–H and O–H groups in total. The Balaban J connectivity index is 2.43. The highest BCUT2D eigenvalue weighted by Crippen LogP contribution is 2.28. The molecule has 0 bridgehead atoms. The van der Waals surface area contributed by atoms with Gasteiger partial charge in [0.15, 0.2) is 29.2 Å². The third-order valence-electron chi connectivity index (χ3n) is 2.81. The molecule has 106 valence electrons. The Morgan fingerprint density at radius 2 is 2.11 bits per heavy atom. The molecule has 1 aliphatic rings. The number of rotatable bonds is 3. The Morgan fingerprint density at radius 3 is 2.63 bits per heavy atom. The van der Waals surface area contributed by atoms with Gasteiger partial charge >= 0.3 is 5.69 Å². The summed E-state index contributed by atoms with van der Waals surface area (Å²) in [4.78, 5) is 25.0. The second-order valence-electron chi connectivity index (χ2n) is 3.97. The third-order valence-corrected chi connectivity index (χ3v) is 3.28. The first-order valence-corrected chi connectivity index (χ1v) is 6.14. The van der Waals surface area contributed by atoms with Gasteiger partial charge in [0, 0.05) is 0 Å². The van der Waals surface area contributed by atoms with Gasteiger partial charge in [0.1, 0.15) is 18.3 Å². The van der Waals surface area contributed by atoms with Crippen LogP contribution >= 0.6 is 23.0 Å². The molecular weight excluding hydrogens is 375 g/mol. The van der Waals surface area contributed by atoms with E-state index in [0.29, 0.717) is 0 Å². The van der Waals surface area contributed by atoms with Crippen molar-refractivity contribution in [3.05, 3.63) is 27.0 Å². The molecule has 0 saturated carbocycles. The number of hydrogen-bond donors (Lipinski definition) is 4. The molecule has 10 heteroatoms. The van der Waals surface area contributed by atoms with Gasteiger partial charge < -0.3 is 23.1 Å². The van der Waals surface area contributed by atoms with E-state index in [-0.39, 0.29) is 5.75 Å². The first kappa shape index (κ1) is 14.5. The molecule has 1 aromatic heterocycles. The smallest absolute Gasteiger partial charge is 0.330 e. The lowest BCUT2D eigenvalue weighted by Gasteiger charge is -2.17. The number of aromatic amines is 1. The number of nitrogens with one attached hydrogen (secondary N) is 1. The van der Waals surface area contributed by atoms with E-state index in [1.165, 1.54) is 23.0 Å². The van der Waals surface area contributed by atoms with E-state index in [1.54, 1.807) is 0 Å². The van der Waals surface area contributed by atoms with E-state index in [9.17, 15) is 19.8 Å². The maximum absolute atomic E-state index is 11.7. The van der Waals surface area contributed by atoms with Crippen LogP contribution in [0.25, 0.3) is 0 Å². The number of halogens is 1. The van der Waals surface area contributed by atoms with Crippen molar-refractivity contribution in [2.75, 3.05) is 6.61 Å². The molecule has 0 radical (unpaired) electrons. The molecule has 0 aliphatic carbocycles. The summed E-state index contributed by atoms with van der Waals surface area (Å²) in [6.45, 7) is -0.511. The summed E-state index contributed by atoms with van der Waals surface area (Å²) in [7, 11) is 0. The van der Waals surface area contributed by atoms with Gasteiger partial charge in [-0.05, 0) is 0 Å². The molecule has 1 aliphatic heterocycles. The summed E-state index contributed by atoms with van der Waals surface area (Å²) in [5, 5.41) is 28.4. The Morgan fingerprint density at radius 1 is 1.42 bits per heavy atom. The number of H-pyrrole nitrogens is 1. The van der Waals surface area contributed by atoms with Gasteiger partial charge in [0.2, 0.25) is 5.75 Å². The van der Waals surface area contributed by atoms with Crippen molar-refractivity contribution in [2.45, 2.75) is 24.5 Å². The second kappa shape index (κ2) is 5.58. The predicted molar refractivity (Wildman–Crippen MR) is 69.0 cm³/mol. The Hall–Kier alpha value is -0.950. The highest BCUT2D eigenvalue weighted by Gasteiger charge is 2.43. The largest absolute Gasteiger partial charge is 0.420 e. The molecule has 4 atom stereocenters. The van der Waals surface area contributed by atoms with Gasteiger partial charge in [-0.15, -0.1) is 0 Å². The SMILES string of the molecule is O=c1[nH]c(=O)n([C@@H]2O[C@H](CO)[C@@H](O)[C@H]2O)cc1OI. The average molecular weight is 386 g/mol. The van der Waals surface area contributed by atoms with Crippen LogP contribution in [0.5, 0.6) is 5.75 Å². The van der Waals surface area contributed by atoms with Crippen LogP contribution in [0.1, 0.15) is 6.23 Å². The van der Waals surface area contributed by atoms with Crippen molar-refractivity contribution in [3.63, 3.8) is 0 Å². The van der Waals surface area contributed by atoms with Crippen molar-refractivity contribution in [3.8, 4) is 5.75 Å². The number of hydrogen-bond acceptors (Lipinski definition) is 7. The van der Waals surface area contributed by atoms with Crippen LogP contribution in [0.3, 0.4) is 0 Å². The van der Waals surface area contributed by atoms with Crippen LogP contribution < -0.4 is 14.3 Å². The van der Waals surface area contributed by atoms with Crippen LogP contribution in [0, 0.1) is 0 Å². The van der Waals surface area contributed by atoms with E-state index in [1.807, 2.05) is 4.98 Å². The summed E-state index contributed by atoms with van der Waals surface area (Å²) >= 11 is 1.46. The molecule has 9 nitrogen and oxygen atoms in total. The highest BCUT2D eigenvalue weighted by atomic mass is 127. The maximum Gasteiger partial charge on any atom is 0.330 e. The zero-order valence-corrected chi connectivity index (χ0v) is 11.6. The molecule has 1 fully saturated rings. The third kappa shape index (κ3) is 2.53. The lowest BCUT2D eigenvalue weighted by Crippen LogP contribution is -2.38. The quantitative estimate of drug-likeness (QED) is 0.437. The fourth-order valence-corrected chi connectivity index (χ4v) is 2.13. The normalized spacial score (nSPS) is 30.5. The van der Waals surface area contributed by atoms with Gasteiger partial charge in [-0.3, -0.25) is 14.3 Å². The van der Waals surface area contributed by atoms with Gasteiger partial charge in [-0.25, -0.2) is 4.79 Å². The minimum atomic E-state index is -1.41. The van der Waals surface area contributed by atoms with Gasteiger partial charge in [-0.2, -0.15) is 0 Å². The topological polar surface area (TPSA) is 134 Å². The predicted octanol–water partition coefficient (Wildman–Crippen LogP) is -2.12. The summed E-state index contributed by atoms with van der Waals surface area (Å²) < 4.78 is 10.8. The first-order chi connectivity index (χ1) is 8.99. The summed E-state index contributed by atoms with van der Waals surface area (Å²) in [5.74, 6) is -0.155. The number of aliphatic hydroxyl groups excluding tert-OH is 3. The van der Waals surface area contributed by atoms with Crippen molar-refractivity contribution in [1.82, 2.24) is 9.55 Å². The molecule has 0 amide bonds. The molecular formula is C9H11IN2O7. The van der Waals surface area contributed by atoms with Crippen molar-refractivity contribution < 1.29 is 23.1 Å². The van der Waals surface area contributed by atoms with E-state index in [2.05, 4.69) is 0 Å². The average Bonchev–Trinajstić information content (AvgIpc) is 2.67. The second-order valence-corrected chi connectivity index (χ2v) is 4.41. The van der Waals surface area contributed by atoms with Gasteiger partial charge in [0.05, 0.1) is 12.8 Å².